The Morgan fingerprint density at radius 1 is 0.800 bits per heavy atom. The summed E-state index contributed by atoms with van der Waals surface area (Å²) in [5, 5.41) is 19.7. The Morgan fingerprint density at radius 3 is 1.73 bits per heavy atom. The minimum absolute atomic E-state index is 0.114. The monoisotopic (exact) mass is 426 g/mol. The van der Waals surface area contributed by atoms with Crippen molar-refractivity contribution in [2.75, 3.05) is 27.7 Å². The number of ketones is 1. The zero-order chi connectivity index (χ0) is 22.9. The number of carboxylic acids is 1. The van der Waals surface area contributed by atoms with Gasteiger partial charge in [-0.3, -0.25) is 9.59 Å². The molecule has 0 aromatic heterocycles. The number of aliphatic carboxylic acids is 1. The Hall–Kier alpha value is -1.20. The third-order valence-electron chi connectivity index (χ3n) is 5.36. The zero-order valence-corrected chi connectivity index (χ0v) is 20.1. The maximum absolute atomic E-state index is 12.5. The van der Waals surface area contributed by atoms with Gasteiger partial charge in [-0.25, -0.2) is 0 Å². The van der Waals surface area contributed by atoms with Crippen LogP contribution in [0.2, 0.25) is 0 Å². The van der Waals surface area contributed by atoms with Crippen LogP contribution in [0.3, 0.4) is 0 Å². The maximum atomic E-state index is 12.5. The van der Waals surface area contributed by atoms with E-state index in [4.69, 9.17) is 5.11 Å². The van der Waals surface area contributed by atoms with E-state index in [0.29, 0.717) is 10.9 Å². The number of allylic oxidation sites excluding steroid dienone is 2. The highest BCUT2D eigenvalue weighted by molar-refractivity contribution is 5.90. The number of rotatable bonds is 20. The summed E-state index contributed by atoms with van der Waals surface area (Å²) in [4.78, 5) is 23.6. The van der Waals surface area contributed by atoms with Crippen LogP contribution in [0.4, 0.5) is 0 Å². The van der Waals surface area contributed by atoms with E-state index in [2.05, 4.69) is 19.1 Å². The number of hydrogen-bond donors (Lipinski definition) is 2. The van der Waals surface area contributed by atoms with E-state index in [0.717, 1.165) is 25.7 Å². The molecule has 2 N–H and O–H groups in total. The summed E-state index contributed by atoms with van der Waals surface area (Å²) in [6, 6.07) is 0. The van der Waals surface area contributed by atoms with Gasteiger partial charge in [-0.2, -0.15) is 0 Å². The molecule has 0 spiro atoms. The van der Waals surface area contributed by atoms with Gasteiger partial charge in [0.15, 0.2) is 11.4 Å². The van der Waals surface area contributed by atoms with Gasteiger partial charge in [-0.1, -0.05) is 70.4 Å². The lowest BCUT2D eigenvalue weighted by molar-refractivity contribution is -0.875. The molecule has 0 fully saturated rings. The summed E-state index contributed by atoms with van der Waals surface area (Å²) in [6.07, 6.45) is 19.8. The molecule has 5 nitrogen and oxygen atoms in total. The molecule has 0 bridgehead atoms. The lowest BCUT2D eigenvalue weighted by Crippen LogP contribution is -2.54. The van der Waals surface area contributed by atoms with E-state index in [9.17, 15) is 14.7 Å². The highest BCUT2D eigenvalue weighted by Crippen LogP contribution is 2.20. The summed E-state index contributed by atoms with van der Waals surface area (Å²) in [6.45, 7) is 2.36. The second-order valence-corrected chi connectivity index (χ2v) is 9.81. The first-order valence-electron chi connectivity index (χ1n) is 12.0. The molecule has 0 heterocycles. The van der Waals surface area contributed by atoms with Crippen molar-refractivity contribution in [2.45, 2.75) is 109 Å². The van der Waals surface area contributed by atoms with Crippen molar-refractivity contribution in [2.24, 2.45) is 0 Å². The van der Waals surface area contributed by atoms with Crippen LogP contribution < -0.4 is 0 Å². The topological polar surface area (TPSA) is 74.6 Å². The Kier molecular flexibility index (Phi) is 15.8. The van der Waals surface area contributed by atoms with Crippen molar-refractivity contribution < 1.29 is 24.3 Å². The fraction of sp³-hybridized carbons (Fsp3) is 0.840. The van der Waals surface area contributed by atoms with E-state index in [1.54, 1.807) is 0 Å². The highest BCUT2D eigenvalue weighted by Gasteiger charge is 2.42. The molecule has 5 heteroatoms. The molecule has 0 aliphatic rings. The number of aliphatic hydroxyl groups is 1. The van der Waals surface area contributed by atoms with Crippen LogP contribution in [0.15, 0.2) is 12.2 Å². The van der Waals surface area contributed by atoms with Crippen molar-refractivity contribution in [3.05, 3.63) is 12.2 Å². The molecule has 0 saturated heterocycles. The predicted octanol–water partition coefficient (Wildman–Crippen LogP) is 5.51. The molecule has 0 rings (SSSR count). The lowest BCUT2D eigenvalue weighted by atomic mass is 9.89. The third-order valence-corrected chi connectivity index (χ3v) is 5.36. The molecule has 0 unspecified atom stereocenters. The maximum Gasteiger partial charge on any atom is 0.306 e. The molecule has 0 aromatic rings. The highest BCUT2D eigenvalue weighted by atomic mass is 16.4. The molecule has 0 radical (unpaired) electrons. The van der Waals surface area contributed by atoms with E-state index in [1.807, 2.05) is 21.1 Å². The Bertz CT molecular complexity index is 496. The quantitative estimate of drug-likeness (QED) is 0.153. The van der Waals surface area contributed by atoms with Crippen LogP contribution in [-0.4, -0.2) is 59.7 Å². The summed E-state index contributed by atoms with van der Waals surface area (Å²) in [5.41, 5.74) is -1.77. The van der Waals surface area contributed by atoms with Gasteiger partial charge in [0.25, 0.3) is 0 Å². The van der Waals surface area contributed by atoms with Crippen LogP contribution in [0.25, 0.3) is 0 Å². The Labute approximate surface area is 185 Å². The van der Waals surface area contributed by atoms with Crippen molar-refractivity contribution in [3.63, 3.8) is 0 Å². The smallest absolute Gasteiger partial charge is 0.306 e. The molecule has 0 amide bonds. The van der Waals surface area contributed by atoms with Crippen molar-refractivity contribution in [1.82, 2.24) is 0 Å². The van der Waals surface area contributed by atoms with Crippen molar-refractivity contribution >= 4 is 11.8 Å². The third kappa shape index (κ3) is 16.6. The molecule has 0 aliphatic heterocycles. The van der Waals surface area contributed by atoms with Gasteiger partial charge in [0.2, 0.25) is 0 Å². The van der Waals surface area contributed by atoms with E-state index >= 15 is 0 Å². The molecular formula is C25H48NO4+. The number of nitrogens with zero attached hydrogens (tertiary/aromatic N) is 1. The molecular weight excluding hydrogens is 378 g/mol. The van der Waals surface area contributed by atoms with Crippen LogP contribution >= 0.6 is 0 Å². The molecule has 0 saturated carbocycles. The first kappa shape index (κ1) is 28.8. The fourth-order valence-electron chi connectivity index (χ4n) is 3.87. The average Bonchev–Trinajstić information content (AvgIpc) is 2.62. The van der Waals surface area contributed by atoms with Gasteiger partial charge in [-0.05, 0) is 32.1 Å². The number of carbonyl (C=O) groups excluding carboxylic acids is 1. The second-order valence-electron chi connectivity index (χ2n) is 9.81. The summed E-state index contributed by atoms with van der Waals surface area (Å²) >= 11 is 0. The summed E-state index contributed by atoms with van der Waals surface area (Å²) < 4.78 is 0.349. The largest absolute Gasteiger partial charge is 0.481 e. The molecule has 30 heavy (non-hydrogen) atoms. The first-order valence-corrected chi connectivity index (χ1v) is 12.0. The predicted molar refractivity (Wildman–Crippen MR) is 125 cm³/mol. The van der Waals surface area contributed by atoms with Crippen LogP contribution in [-0.2, 0) is 9.59 Å². The van der Waals surface area contributed by atoms with Crippen molar-refractivity contribution in [3.8, 4) is 0 Å². The number of carbonyl (C=O) groups is 2. The molecule has 0 aliphatic carbocycles. The standard InChI is InChI=1S/C25H47NO4/c1-5-6-7-8-9-10-11-12-13-14-15-16-17-18-19-20-23(27)25(30,21-24(28)29)22-26(2,3)4/h12-13,30H,5-11,14-22H2,1-4H3/p+1/b13-12-/t25-/m1/s1. The molecule has 1 atom stereocenters. The Morgan fingerprint density at radius 2 is 1.27 bits per heavy atom. The van der Waals surface area contributed by atoms with E-state index in [1.165, 1.54) is 51.4 Å². The number of likely N-dealkylation sites (N-methyl/N-ethyl adjacent to an activating group) is 1. The van der Waals surface area contributed by atoms with Crippen molar-refractivity contribution in [1.29, 1.82) is 0 Å². The van der Waals surface area contributed by atoms with Gasteiger partial charge >= 0.3 is 5.97 Å². The molecule has 176 valence electrons. The average molecular weight is 427 g/mol. The minimum atomic E-state index is -1.77. The number of unbranched alkanes of at least 4 members (excludes halogenated alkanes) is 11. The summed E-state index contributed by atoms with van der Waals surface area (Å²) in [7, 11) is 5.55. The zero-order valence-electron chi connectivity index (χ0n) is 20.1. The van der Waals surface area contributed by atoms with Crippen LogP contribution in [0.1, 0.15) is 103 Å². The van der Waals surface area contributed by atoms with Gasteiger partial charge in [0.05, 0.1) is 27.6 Å². The van der Waals surface area contributed by atoms with E-state index in [-0.39, 0.29) is 18.7 Å². The number of hydrogen-bond acceptors (Lipinski definition) is 3. The van der Waals surface area contributed by atoms with E-state index < -0.39 is 18.0 Å². The number of quaternary nitrogens is 1. The normalized spacial score (nSPS) is 14.2. The SMILES string of the molecule is CCCCCCCC/C=C\CCCCCCCC(=O)[C@@](O)(CC(=O)O)C[N+](C)(C)C. The van der Waals surface area contributed by atoms with Gasteiger partial charge in [0.1, 0.15) is 6.54 Å². The van der Waals surface area contributed by atoms with Crippen LogP contribution in [0, 0.1) is 0 Å². The lowest BCUT2D eigenvalue weighted by Gasteiger charge is -2.33. The minimum Gasteiger partial charge on any atom is -0.481 e. The van der Waals surface area contributed by atoms with Gasteiger partial charge < -0.3 is 14.7 Å². The fourth-order valence-corrected chi connectivity index (χ4v) is 3.87. The first-order chi connectivity index (χ1) is 14.1. The summed E-state index contributed by atoms with van der Waals surface area (Å²) in [5.74, 6) is -1.47. The number of carboxylic acid groups (broad SMARTS) is 1. The van der Waals surface area contributed by atoms with Gasteiger partial charge in [-0.15, -0.1) is 0 Å². The van der Waals surface area contributed by atoms with Crippen LogP contribution in [0.5, 0.6) is 0 Å². The Balaban J connectivity index is 3.84. The molecule has 0 aromatic carbocycles. The van der Waals surface area contributed by atoms with Gasteiger partial charge in [0, 0.05) is 6.42 Å². The number of Topliss-reactive ketones (excluding diaryl/α,β-unsaturated/α-hetero) is 1. The second kappa shape index (κ2) is 16.5.